The van der Waals surface area contributed by atoms with Crippen molar-refractivity contribution in [3.8, 4) is 11.5 Å². The van der Waals surface area contributed by atoms with Crippen molar-refractivity contribution in [1.82, 2.24) is 10.2 Å². The number of benzene rings is 2. The maximum atomic E-state index is 12.7. The predicted octanol–water partition coefficient (Wildman–Crippen LogP) is 2.63. The third-order valence-corrected chi connectivity index (χ3v) is 5.27. The predicted molar refractivity (Wildman–Crippen MR) is 106 cm³/mol. The summed E-state index contributed by atoms with van der Waals surface area (Å²) in [4.78, 5) is 24.7. The fourth-order valence-corrected chi connectivity index (χ4v) is 3.81. The topological polar surface area (TPSA) is 104 Å². The molecule has 4 rings (SSSR count). The highest BCUT2D eigenvalue weighted by Crippen LogP contribution is 2.31. The molecule has 1 atom stereocenters. The number of fused-ring (bicyclic) bond motifs is 1. The van der Waals surface area contributed by atoms with Gasteiger partial charge in [0.05, 0.1) is 20.1 Å². The molecule has 1 aliphatic rings. The number of aromatic nitrogens is 2. The fraction of sp³-hybridized carbons (Fsp3) is 0.273. The Hall–Kier alpha value is -3.48. The standard InChI is InChI=1S/C22H22N2O5/c1-28-20(26)12-17(14-3-5-16(25)6-4-14)21-18(23-24-22(21)27)11-13-2-7-19-15(10-13)8-9-29-19/h2-7,10,17,25H,8-9,11-12H2,1H3,(H2,23,24,27)/t17-/m0/s1. The number of hydrogen-bond donors (Lipinski definition) is 3. The van der Waals surface area contributed by atoms with Gasteiger partial charge in [0.2, 0.25) is 0 Å². The summed E-state index contributed by atoms with van der Waals surface area (Å²) < 4.78 is 10.4. The Balaban J connectivity index is 1.71. The minimum atomic E-state index is -0.495. The Morgan fingerprint density at radius 1 is 1.21 bits per heavy atom. The normalized spacial score (nSPS) is 13.6. The highest BCUT2D eigenvalue weighted by Gasteiger charge is 2.26. The van der Waals surface area contributed by atoms with Crippen molar-refractivity contribution < 1.29 is 19.4 Å². The maximum Gasteiger partial charge on any atom is 0.306 e. The molecule has 2 heterocycles. The van der Waals surface area contributed by atoms with Crippen molar-refractivity contribution in [2.45, 2.75) is 25.2 Å². The number of methoxy groups -OCH3 is 1. The van der Waals surface area contributed by atoms with Crippen LogP contribution in [0.2, 0.25) is 0 Å². The number of rotatable bonds is 6. The van der Waals surface area contributed by atoms with Gasteiger partial charge in [0.1, 0.15) is 11.5 Å². The number of phenols is 1. The van der Waals surface area contributed by atoms with Gasteiger partial charge in [0.25, 0.3) is 5.56 Å². The largest absolute Gasteiger partial charge is 0.508 e. The van der Waals surface area contributed by atoms with E-state index in [0.29, 0.717) is 18.6 Å². The molecule has 0 amide bonds. The second-order valence-electron chi connectivity index (χ2n) is 7.11. The van der Waals surface area contributed by atoms with E-state index in [1.807, 2.05) is 12.1 Å². The molecule has 0 fully saturated rings. The molecule has 3 aromatic rings. The Kier molecular flexibility index (Phi) is 5.12. The van der Waals surface area contributed by atoms with E-state index in [-0.39, 0.29) is 17.7 Å². The molecule has 0 radical (unpaired) electrons. The number of nitrogens with one attached hydrogen (secondary N) is 2. The van der Waals surface area contributed by atoms with E-state index >= 15 is 0 Å². The molecule has 150 valence electrons. The van der Waals surface area contributed by atoms with E-state index in [4.69, 9.17) is 9.47 Å². The number of carbonyl (C=O) groups is 1. The lowest BCUT2D eigenvalue weighted by Crippen LogP contribution is -2.18. The Morgan fingerprint density at radius 2 is 2.00 bits per heavy atom. The van der Waals surface area contributed by atoms with E-state index in [2.05, 4.69) is 16.3 Å². The summed E-state index contributed by atoms with van der Waals surface area (Å²) in [6, 6.07) is 12.5. The molecule has 0 aliphatic carbocycles. The van der Waals surface area contributed by atoms with Crippen molar-refractivity contribution >= 4 is 5.97 Å². The molecule has 1 aromatic heterocycles. The maximum absolute atomic E-state index is 12.7. The van der Waals surface area contributed by atoms with Gasteiger partial charge in [-0.15, -0.1) is 0 Å². The van der Waals surface area contributed by atoms with Gasteiger partial charge in [-0.05, 0) is 34.9 Å². The van der Waals surface area contributed by atoms with Crippen LogP contribution >= 0.6 is 0 Å². The lowest BCUT2D eigenvalue weighted by atomic mass is 9.87. The molecule has 2 aromatic carbocycles. The van der Waals surface area contributed by atoms with E-state index in [1.54, 1.807) is 24.3 Å². The lowest BCUT2D eigenvalue weighted by Gasteiger charge is -2.16. The summed E-state index contributed by atoms with van der Waals surface area (Å²) in [6.07, 6.45) is 1.41. The van der Waals surface area contributed by atoms with Gasteiger partial charge in [-0.1, -0.05) is 24.3 Å². The van der Waals surface area contributed by atoms with Crippen LogP contribution in [0, 0.1) is 0 Å². The molecule has 1 aliphatic heterocycles. The van der Waals surface area contributed by atoms with Crippen LogP contribution in [0.5, 0.6) is 11.5 Å². The van der Waals surface area contributed by atoms with Crippen molar-refractivity contribution in [3.63, 3.8) is 0 Å². The number of esters is 1. The first-order chi connectivity index (χ1) is 14.0. The SMILES string of the molecule is COC(=O)C[C@@H](c1ccc(O)cc1)c1c(Cc2ccc3c(c2)CCO3)[nH][nH]c1=O. The van der Waals surface area contributed by atoms with Gasteiger partial charge in [-0.25, -0.2) is 0 Å². The first kappa shape index (κ1) is 18.9. The first-order valence-electron chi connectivity index (χ1n) is 9.45. The zero-order chi connectivity index (χ0) is 20.4. The second kappa shape index (κ2) is 7.87. The van der Waals surface area contributed by atoms with Crippen LogP contribution < -0.4 is 10.3 Å². The Labute approximate surface area is 167 Å². The minimum Gasteiger partial charge on any atom is -0.508 e. The number of hydrogen-bond acceptors (Lipinski definition) is 5. The summed E-state index contributed by atoms with van der Waals surface area (Å²) in [7, 11) is 1.32. The van der Waals surface area contributed by atoms with E-state index in [9.17, 15) is 14.7 Å². The summed E-state index contributed by atoms with van der Waals surface area (Å²) in [6.45, 7) is 0.688. The van der Waals surface area contributed by atoms with Gasteiger partial charge >= 0.3 is 5.97 Å². The summed E-state index contributed by atoms with van der Waals surface area (Å²) in [5.41, 5.74) is 3.90. The molecule has 7 heteroatoms. The van der Waals surface area contributed by atoms with Crippen molar-refractivity contribution in [2.75, 3.05) is 13.7 Å². The molecule has 0 bridgehead atoms. The molecule has 3 N–H and O–H groups in total. The van der Waals surface area contributed by atoms with Crippen molar-refractivity contribution in [3.05, 3.63) is 80.8 Å². The minimum absolute atomic E-state index is 0.0211. The summed E-state index contributed by atoms with van der Waals surface area (Å²) in [5.74, 6) is 0.119. The first-order valence-corrected chi connectivity index (χ1v) is 9.45. The molecule has 0 saturated carbocycles. The zero-order valence-corrected chi connectivity index (χ0v) is 16.0. The van der Waals surface area contributed by atoms with Gasteiger partial charge in [0, 0.05) is 30.0 Å². The summed E-state index contributed by atoms with van der Waals surface area (Å²) >= 11 is 0. The number of aromatic hydroxyl groups is 1. The monoisotopic (exact) mass is 394 g/mol. The van der Waals surface area contributed by atoms with Gasteiger partial charge in [-0.3, -0.25) is 14.7 Å². The second-order valence-corrected chi connectivity index (χ2v) is 7.11. The van der Waals surface area contributed by atoms with Crippen LogP contribution in [0.25, 0.3) is 0 Å². The van der Waals surface area contributed by atoms with E-state index in [0.717, 1.165) is 34.6 Å². The van der Waals surface area contributed by atoms with Crippen molar-refractivity contribution in [2.24, 2.45) is 0 Å². The van der Waals surface area contributed by atoms with Gasteiger partial charge in [-0.2, -0.15) is 0 Å². The fourth-order valence-electron chi connectivity index (χ4n) is 3.81. The van der Waals surface area contributed by atoms with Crippen LogP contribution in [-0.4, -0.2) is 35.0 Å². The third kappa shape index (κ3) is 3.89. The van der Waals surface area contributed by atoms with E-state index < -0.39 is 11.9 Å². The molecule has 29 heavy (non-hydrogen) atoms. The van der Waals surface area contributed by atoms with Gasteiger partial charge < -0.3 is 19.7 Å². The smallest absolute Gasteiger partial charge is 0.306 e. The molecule has 0 unspecified atom stereocenters. The number of phenolic OH excluding ortho intramolecular Hbond substituents is 1. The average Bonchev–Trinajstić information content (AvgIpc) is 3.33. The third-order valence-electron chi connectivity index (χ3n) is 5.27. The molecule has 0 saturated heterocycles. The van der Waals surface area contributed by atoms with Crippen LogP contribution in [-0.2, 0) is 22.4 Å². The molecular weight excluding hydrogens is 372 g/mol. The zero-order valence-electron chi connectivity index (χ0n) is 16.0. The number of carbonyl (C=O) groups excluding carboxylic acids is 1. The van der Waals surface area contributed by atoms with Crippen LogP contribution in [0.15, 0.2) is 47.3 Å². The van der Waals surface area contributed by atoms with E-state index in [1.165, 1.54) is 7.11 Å². The lowest BCUT2D eigenvalue weighted by molar-refractivity contribution is -0.140. The number of aromatic amines is 2. The molecule has 7 nitrogen and oxygen atoms in total. The molecular formula is C22H22N2O5. The quantitative estimate of drug-likeness (QED) is 0.558. The van der Waals surface area contributed by atoms with Crippen molar-refractivity contribution in [1.29, 1.82) is 0 Å². The molecule has 0 spiro atoms. The Bertz CT molecular complexity index is 1080. The van der Waals surface area contributed by atoms with Crippen LogP contribution in [0.3, 0.4) is 0 Å². The number of H-pyrrole nitrogens is 2. The van der Waals surface area contributed by atoms with Crippen LogP contribution in [0.1, 0.15) is 40.3 Å². The van der Waals surface area contributed by atoms with Gasteiger partial charge in [0.15, 0.2) is 0 Å². The number of ether oxygens (including phenoxy) is 2. The van der Waals surface area contributed by atoms with Crippen LogP contribution in [0.4, 0.5) is 0 Å². The highest BCUT2D eigenvalue weighted by molar-refractivity contribution is 5.71. The Morgan fingerprint density at radius 3 is 2.76 bits per heavy atom. The highest BCUT2D eigenvalue weighted by atomic mass is 16.5. The average molecular weight is 394 g/mol. The summed E-state index contributed by atoms with van der Waals surface area (Å²) in [5, 5.41) is 15.2.